The van der Waals surface area contributed by atoms with Crippen molar-refractivity contribution in [3.8, 4) is 5.75 Å². The van der Waals surface area contributed by atoms with Gasteiger partial charge in [0.25, 0.3) is 0 Å². The van der Waals surface area contributed by atoms with Gasteiger partial charge in [0, 0.05) is 0 Å². The second-order valence-electron chi connectivity index (χ2n) is 12.5. The van der Waals surface area contributed by atoms with E-state index >= 15 is 0 Å². The van der Waals surface area contributed by atoms with Gasteiger partial charge in [-0.15, -0.1) is 0 Å². The minimum absolute atomic E-state index is 0.183. The van der Waals surface area contributed by atoms with E-state index in [1.807, 2.05) is 12.1 Å². The van der Waals surface area contributed by atoms with Gasteiger partial charge in [0.15, 0.2) is 12.3 Å². The standard InChI is InChI=1S/C35H54F2O5/c1-3-5-7-9-11-32(36)34(38)41-30-19-13-26(14-20-30)25-40-29-21-15-27(16-22-29)28-17-23-31(24-18-28)42-35(39)33(37)12-10-8-6-4-2/h15-16,21-22,26,28,30-33H,3-14,17-20,23-25H2,1-2H3/t26-,28-,30-,31-,32-,33-/m1/s1. The summed E-state index contributed by atoms with van der Waals surface area (Å²) in [5, 5.41) is 0. The molecule has 0 aliphatic heterocycles. The molecule has 42 heavy (non-hydrogen) atoms. The van der Waals surface area contributed by atoms with Crippen molar-refractivity contribution in [1.29, 1.82) is 0 Å². The van der Waals surface area contributed by atoms with Gasteiger partial charge in [-0.2, -0.15) is 0 Å². The van der Waals surface area contributed by atoms with Crippen LogP contribution in [0.25, 0.3) is 0 Å². The summed E-state index contributed by atoms with van der Waals surface area (Å²) in [5.41, 5.74) is 1.25. The van der Waals surface area contributed by atoms with E-state index in [-0.39, 0.29) is 25.0 Å². The Morgan fingerprint density at radius 3 is 1.64 bits per heavy atom. The Bertz CT molecular complexity index is 891. The number of halogens is 2. The third kappa shape index (κ3) is 12.2. The predicted molar refractivity (Wildman–Crippen MR) is 162 cm³/mol. The monoisotopic (exact) mass is 592 g/mol. The first-order valence-electron chi connectivity index (χ1n) is 16.8. The molecule has 5 nitrogen and oxygen atoms in total. The zero-order chi connectivity index (χ0) is 30.2. The maximum atomic E-state index is 14.2. The Morgan fingerprint density at radius 2 is 1.17 bits per heavy atom. The number of carbonyl (C=O) groups is 2. The second kappa shape index (κ2) is 19.2. The van der Waals surface area contributed by atoms with Crippen molar-refractivity contribution < 1.29 is 32.6 Å². The minimum Gasteiger partial charge on any atom is -0.493 e. The van der Waals surface area contributed by atoms with Gasteiger partial charge in [-0.1, -0.05) is 64.5 Å². The Hall–Kier alpha value is -2.18. The van der Waals surface area contributed by atoms with Crippen LogP contribution in [-0.4, -0.2) is 43.1 Å². The molecule has 2 saturated carbocycles. The van der Waals surface area contributed by atoms with Crippen LogP contribution in [0.15, 0.2) is 24.3 Å². The van der Waals surface area contributed by atoms with Crippen molar-refractivity contribution in [2.75, 3.05) is 6.61 Å². The molecule has 0 spiro atoms. The average molecular weight is 593 g/mol. The molecule has 0 aromatic heterocycles. The van der Waals surface area contributed by atoms with Crippen LogP contribution in [0.2, 0.25) is 0 Å². The van der Waals surface area contributed by atoms with Gasteiger partial charge in [0.1, 0.15) is 18.0 Å². The predicted octanol–water partition coefficient (Wildman–Crippen LogP) is 9.35. The van der Waals surface area contributed by atoms with E-state index < -0.39 is 24.3 Å². The van der Waals surface area contributed by atoms with Crippen LogP contribution in [0.1, 0.15) is 141 Å². The van der Waals surface area contributed by atoms with E-state index in [4.69, 9.17) is 14.2 Å². The van der Waals surface area contributed by atoms with Crippen molar-refractivity contribution in [3.05, 3.63) is 29.8 Å². The van der Waals surface area contributed by atoms with Gasteiger partial charge in [-0.05, 0) is 107 Å². The highest BCUT2D eigenvalue weighted by Gasteiger charge is 2.29. The maximum Gasteiger partial charge on any atom is 0.340 e. The van der Waals surface area contributed by atoms with Crippen LogP contribution < -0.4 is 4.74 Å². The van der Waals surface area contributed by atoms with Crippen LogP contribution in [-0.2, 0) is 19.1 Å². The minimum atomic E-state index is -1.50. The molecule has 1 aromatic rings. The van der Waals surface area contributed by atoms with Crippen molar-refractivity contribution in [2.24, 2.45) is 5.92 Å². The van der Waals surface area contributed by atoms with Gasteiger partial charge < -0.3 is 14.2 Å². The quantitative estimate of drug-likeness (QED) is 0.126. The van der Waals surface area contributed by atoms with E-state index in [1.54, 1.807) is 0 Å². The highest BCUT2D eigenvalue weighted by Crippen LogP contribution is 2.35. The molecule has 0 N–H and O–H groups in total. The molecule has 0 saturated heterocycles. The molecule has 0 radical (unpaired) electrons. The Morgan fingerprint density at radius 1 is 0.690 bits per heavy atom. The Balaban J connectivity index is 1.29. The van der Waals surface area contributed by atoms with Crippen LogP contribution in [0, 0.1) is 5.92 Å². The average Bonchev–Trinajstić information content (AvgIpc) is 3.01. The summed E-state index contributed by atoms with van der Waals surface area (Å²) in [7, 11) is 0. The molecular weight excluding hydrogens is 538 g/mol. The fourth-order valence-corrected chi connectivity index (χ4v) is 6.19. The van der Waals surface area contributed by atoms with Gasteiger partial charge in [0.05, 0.1) is 6.61 Å². The molecule has 2 aliphatic carbocycles. The molecule has 0 amide bonds. The van der Waals surface area contributed by atoms with Crippen molar-refractivity contribution in [3.63, 3.8) is 0 Å². The maximum absolute atomic E-state index is 14.2. The fourth-order valence-electron chi connectivity index (χ4n) is 6.19. The van der Waals surface area contributed by atoms with E-state index in [0.29, 0.717) is 18.4 Å². The first-order valence-corrected chi connectivity index (χ1v) is 16.8. The summed E-state index contributed by atoms with van der Waals surface area (Å²) in [4.78, 5) is 24.2. The summed E-state index contributed by atoms with van der Waals surface area (Å²) < 4.78 is 45.3. The third-order valence-electron chi connectivity index (χ3n) is 9.00. The molecular formula is C35H54F2O5. The summed E-state index contributed by atoms with van der Waals surface area (Å²) in [6.07, 6.45) is 11.5. The lowest BCUT2D eigenvalue weighted by molar-refractivity contribution is -0.158. The SMILES string of the molecule is CCCCCC[C@@H](F)C(=O)O[C@H]1CC[C@H](COc2ccc([C@H]3CC[C@H](OC(=O)[C@H](F)CCCCCC)CC3)cc2)CC1. The first-order chi connectivity index (χ1) is 20.4. The number of unbranched alkanes of at least 4 members (excludes halogenated alkanes) is 6. The molecule has 0 unspecified atom stereocenters. The number of rotatable bonds is 18. The normalized spacial score (nSPS) is 24.0. The molecule has 2 atom stereocenters. The fraction of sp³-hybridized carbons (Fsp3) is 0.771. The molecule has 2 fully saturated rings. The second-order valence-corrected chi connectivity index (χ2v) is 12.5. The molecule has 0 bridgehead atoms. The number of ether oxygens (including phenoxy) is 3. The highest BCUT2D eigenvalue weighted by molar-refractivity contribution is 5.75. The Labute approximate surface area is 252 Å². The first kappa shape index (κ1) is 34.3. The number of benzene rings is 1. The summed E-state index contributed by atoms with van der Waals surface area (Å²) in [6, 6.07) is 8.27. The van der Waals surface area contributed by atoms with Gasteiger partial charge in [-0.3, -0.25) is 0 Å². The zero-order valence-electron chi connectivity index (χ0n) is 26.0. The molecule has 3 rings (SSSR count). The number of hydrogen-bond donors (Lipinski definition) is 0. The van der Waals surface area contributed by atoms with Crippen LogP contribution in [0.4, 0.5) is 8.78 Å². The molecule has 7 heteroatoms. The van der Waals surface area contributed by atoms with E-state index in [1.165, 1.54) is 5.56 Å². The van der Waals surface area contributed by atoms with Crippen LogP contribution in [0.3, 0.4) is 0 Å². The van der Waals surface area contributed by atoms with E-state index in [9.17, 15) is 18.4 Å². The summed E-state index contributed by atoms with van der Waals surface area (Å²) >= 11 is 0. The van der Waals surface area contributed by atoms with Crippen molar-refractivity contribution in [1.82, 2.24) is 0 Å². The summed E-state index contributed by atoms with van der Waals surface area (Å²) in [6.45, 7) is 4.84. The number of carbonyl (C=O) groups excluding carboxylic acids is 2. The third-order valence-corrected chi connectivity index (χ3v) is 9.00. The smallest absolute Gasteiger partial charge is 0.340 e. The van der Waals surface area contributed by atoms with E-state index in [2.05, 4.69) is 26.0 Å². The van der Waals surface area contributed by atoms with Gasteiger partial charge in [0.2, 0.25) is 0 Å². The van der Waals surface area contributed by atoms with Crippen LogP contribution in [0.5, 0.6) is 5.75 Å². The molecule has 2 aliphatic rings. The number of alkyl halides is 2. The lowest BCUT2D eigenvalue weighted by Gasteiger charge is -2.29. The molecule has 1 aromatic carbocycles. The summed E-state index contributed by atoms with van der Waals surface area (Å²) in [5.74, 6) is 0.261. The van der Waals surface area contributed by atoms with Gasteiger partial charge in [-0.25, -0.2) is 18.4 Å². The van der Waals surface area contributed by atoms with Crippen molar-refractivity contribution in [2.45, 2.75) is 160 Å². The van der Waals surface area contributed by atoms with Gasteiger partial charge >= 0.3 is 11.9 Å². The lowest BCUT2D eigenvalue weighted by Crippen LogP contribution is -2.30. The highest BCUT2D eigenvalue weighted by atomic mass is 19.1. The largest absolute Gasteiger partial charge is 0.493 e. The molecule has 0 heterocycles. The number of hydrogen-bond acceptors (Lipinski definition) is 5. The topological polar surface area (TPSA) is 61.8 Å². The Kier molecular flexibility index (Phi) is 15.7. The van der Waals surface area contributed by atoms with E-state index in [0.717, 1.165) is 108 Å². The molecule has 238 valence electrons. The zero-order valence-corrected chi connectivity index (χ0v) is 26.0. The number of esters is 2. The van der Waals surface area contributed by atoms with Crippen molar-refractivity contribution >= 4 is 11.9 Å². The van der Waals surface area contributed by atoms with Crippen LogP contribution >= 0.6 is 0 Å². The lowest BCUT2D eigenvalue weighted by atomic mass is 9.82.